The molecule has 4 heteroatoms. The van der Waals surface area contributed by atoms with Crippen molar-refractivity contribution < 1.29 is 4.74 Å². The van der Waals surface area contributed by atoms with Gasteiger partial charge in [-0.25, -0.2) is 9.82 Å². The fourth-order valence-corrected chi connectivity index (χ4v) is 1.41. The van der Waals surface area contributed by atoms with Crippen LogP contribution in [0, 0.1) is 0 Å². The minimum absolute atomic E-state index is 0.0280. The van der Waals surface area contributed by atoms with Crippen LogP contribution in [0.25, 0.3) is 0 Å². The van der Waals surface area contributed by atoms with Gasteiger partial charge in [0.15, 0.2) is 0 Å². The highest BCUT2D eigenvalue weighted by Gasteiger charge is 2.17. The molecule has 0 aliphatic heterocycles. The minimum atomic E-state index is 0.0280. The lowest BCUT2D eigenvalue weighted by atomic mass is 9.91. The van der Waals surface area contributed by atoms with Crippen LogP contribution >= 0.6 is 11.8 Å². The van der Waals surface area contributed by atoms with Gasteiger partial charge in [0.2, 0.25) is 5.88 Å². The molecule has 0 fully saturated rings. The second-order valence-corrected chi connectivity index (χ2v) is 4.69. The van der Waals surface area contributed by atoms with Crippen LogP contribution in [0.4, 0.5) is 0 Å². The normalized spacial score (nSPS) is 11.5. The van der Waals surface area contributed by atoms with E-state index in [9.17, 15) is 0 Å². The topological polar surface area (TPSA) is 34.1 Å². The van der Waals surface area contributed by atoms with Crippen LogP contribution in [-0.2, 0) is 12.0 Å². The van der Waals surface area contributed by atoms with Gasteiger partial charge in [0.05, 0.1) is 7.11 Å². The average molecular weight is 229 g/mol. The maximum atomic E-state index is 5.46. The molecule has 15 heavy (non-hydrogen) atoms. The molecule has 0 amide bonds. The Labute approximate surface area is 95.9 Å². The van der Waals surface area contributed by atoms with Crippen molar-refractivity contribution in [2.45, 2.75) is 32.7 Å². The molecule has 0 bridgehead atoms. The second-order valence-electron chi connectivity index (χ2n) is 4.43. The Hall–Kier alpha value is -0.800. The van der Waals surface area contributed by atoms with Crippen LogP contribution in [-0.4, -0.2) is 12.1 Å². The van der Waals surface area contributed by atoms with E-state index >= 15 is 0 Å². The summed E-state index contributed by atoms with van der Waals surface area (Å²) in [5.74, 6) is 0.635. The van der Waals surface area contributed by atoms with E-state index in [1.54, 1.807) is 7.11 Å². The van der Waals surface area contributed by atoms with E-state index in [0.29, 0.717) is 12.4 Å². The summed E-state index contributed by atoms with van der Waals surface area (Å²) >= 11 is 5.46. The molecule has 1 aromatic rings. The molecule has 1 N–H and O–H groups in total. The van der Waals surface area contributed by atoms with Crippen molar-refractivity contribution in [3.05, 3.63) is 23.4 Å². The summed E-state index contributed by atoms with van der Waals surface area (Å²) in [5, 5.41) is 0. The number of ether oxygens (including phenoxy) is 1. The molecule has 0 aliphatic rings. The summed E-state index contributed by atoms with van der Waals surface area (Å²) in [6, 6.07) is 3.99. The molecular weight excluding hydrogens is 212 g/mol. The highest BCUT2D eigenvalue weighted by atomic mass is 35.5. The van der Waals surface area contributed by atoms with Crippen molar-refractivity contribution in [1.29, 1.82) is 0 Å². The number of hydrogen-bond acceptors (Lipinski definition) is 3. The van der Waals surface area contributed by atoms with Gasteiger partial charge in [-0.15, -0.1) is 0 Å². The molecule has 0 spiro atoms. The van der Waals surface area contributed by atoms with Crippen LogP contribution in [0.3, 0.4) is 0 Å². The smallest absolute Gasteiger partial charge is 0.217 e. The third-order valence-electron chi connectivity index (χ3n) is 2.16. The van der Waals surface area contributed by atoms with Gasteiger partial charge < -0.3 is 4.74 Å². The predicted octanol–water partition coefficient (Wildman–Crippen LogP) is 2.63. The van der Waals surface area contributed by atoms with Crippen molar-refractivity contribution in [3.63, 3.8) is 0 Å². The number of aromatic nitrogens is 1. The zero-order chi connectivity index (χ0) is 11.5. The SMILES string of the molecule is COc1nc(C(C)(C)C)ccc1CNCl. The van der Waals surface area contributed by atoms with E-state index in [2.05, 4.69) is 30.6 Å². The lowest BCUT2D eigenvalue weighted by molar-refractivity contribution is 0.386. The number of pyridine rings is 1. The van der Waals surface area contributed by atoms with Crippen molar-refractivity contribution in [2.24, 2.45) is 0 Å². The molecule has 0 unspecified atom stereocenters. The predicted molar refractivity (Wildman–Crippen MR) is 62.2 cm³/mol. The number of rotatable bonds is 3. The molecule has 0 radical (unpaired) electrons. The lowest BCUT2D eigenvalue weighted by Crippen LogP contribution is -2.15. The molecule has 0 aromatic carbocycles. The first-order valence-corrected chi connectivity index (χ1v) is 5.24. The zero-order valence-electron chi connectivity index (χ0n) is 9.60. The number of methoxy groups -OCH3 is 1. The maximum Gasteiger partial charge on any atom is 0.217 e. The summed E-state index contributed by atoms with van der Waals surface area (Å²) < 4.78 is 5.22. The van der Waals surface area contributed by atoms with E-state index in [1.165, 1.54) is 0 Å². The highest BCUT2D eigenvalue weighted by Crippen LogP contribution is 2.24. The Morgan fingerprint density at radius 2 is 2.07 bits per heavy atom. The molecule has 0 saturated carbocycles. The van der Waals surface area contributed by atoms with Gasteiger partial charge in [0, 0.05) is 23.2 Å². The molecule has 1 aromatic heterocycles. The van der Waals surface area contributed by atoms with Gasteiger partial charge in [-0.05, 0) is 17.8 Å². The van der Waals surface area contributed by atoms with Gasteiger partial charge in [0.1, 0.15) is 0 Å². The molecule has 0 atom stereocenters. The van der Waals surface area contributed by atoms with Crippen molar-refractivity contribution in [3.8, 4) is 5.88 Å². The fraction of sp³-hybridized carbons (Fsp3) is 0.545. The largest absolute Gasteiger partial charge is 0.481 e. The molecule has 0 aliphatic carbocycles. The quantitative estimate of drug-likeness (QED) is 0.808. The maximum absolute atomic E-state index is 5.46. The first-order chi connectivity index (χ1) is 6.99. The van der Waals surface area contributed by atoms with Crippen molar-refractivity contribution in [1.82, 2.24) is 9.82 Å². The third kappa shape index (κ3) is 3.08. The summed E-state index contributed by atoms with van der Waals surface area (Å²) in [4.78, 5) is 7.03. The Balaban J connectivity index is 3.08. The van der Waals surface area contributed by atoms with Crippen LogP contribution in [0.5, 0.6) is 5.88 Å². The minimum Gasteiger partial charge on any atom is -0.481 e. The molecular formula is C11H17ClN2O. The van der Waals surface area contributed by atoms with E-state index in [0.717, 1.165) is 11.3 Å². The van der Waals surface area contributed by atoms with Crippen molar-refractivity contribution >= 4 is 11.8 Å². The summed E-state index contributed by atoms with van der Waals surface area (Å²) in [7, 11) is 1.62. The van der Waals surface area contributed by atoms with Crippen LogP contribution < -0.4 is 9.57 Å². The Morgan fingerprint density at radius 1 is 1.40 bits per heavy atom. The molecule has 1 rings (SSSR count). The Kier molecular flexibility index (Phi) is 3.94. The van der Waals surface area contributed by atoms with Gasteiger partial charge in [-0.2, -0.15) is 0 Å². The first-order valence-electron chi connectivity index (χ1n) is 4.87. The average Bonchev–Trinajstić information content (AvgIpc) is 2.17. The van der Waals surface area contributed by atoms with Crippen LogP contribution in [0.2, 0.25) is 0 Å². The van der Waals surface area contributed by atoms with E-state index in [-0.39, 0.29) is 5.41 Å². The van der Waals surface area contributed by atoms with Crippen LogP contribution in [0.15, 0.2) is 12.1 Å². The van der Waals surface area contributed by atoms with Crippen molar-refractivity contribution in [2.75, 3.05) is 7.11 Å². The highest BCUT2D eigenvalue weighted by molar-refractivity contribution is 6.13. The van der Waals surface area contributed by atoms with Gasteiger partial charge >= 0.3 is 0 Å². The second kappa shape index (κ2) is 4.81. The first kappa shape index (κ1) is 12.3. The number of hydrogen-bond donors (Lipinski definition) is 1. The van der Waals surface area contributed by atoms with Gasteiger partial charge in [0.25, 0.3) is 0 Å². The van der Waals surface area contributed by atoms with E-state index in [4.69, 9.17) is 16.5 Å². The van der Waals surface area contributed by atoms with Gasteiger partial charge in [-0.3, -0.25) is 0 Å². The molecule has 3 nitrogen and oxygen atoms in total. The van der Waals surface area contributed by atoms with E-state index < -0.39 is 0 Å². The standard InChI is InChI=1S/C11H17ClN2O/c1-11(2,3)9-6-5-8(7-13-12)10(14-9)15-4/h5-6,13H,7H2,1-4H3. The number of halogens is 1. The summed E-state index contributed by atoms with van der Waals surface area (Å²) in [5.41, 5.74) is 2.00. The van der Waals surface area contributed by atoms with E-state index in [1.807, 2.05) is 12.1 Å². The Bertz CT molecular complexity index is 334. The number of nitrogens with one attached hydrogen (secondary N) is 1. The van der Waals surface area contributed by atoms with Crippen LogP contribution in [0.1, 0.15) is 32.0 Å². The summed E-state index contributed by atoms with van der Waals surface area (Å²) in [6.45, 7) is 6.90. The molecule has 84 valence electrons. The third-order valence-corrected chi connectivity index (χ3v) is 2.29. The zero-order valence-corrected chi connectivity index (χ0v) is 10.4. The van der Waals surface area contributed by atoms with Gasteiger partial charge in [-0.1, -0.05) is 26.8 Å². The lowest BCUT2D eigenvalue weighted by Gasteiger charge is -2.19. The molecule has 1 heterocycles. The number of nitrogens with zero attached hydrogens (tertiary/aromatic N) is 1. The fourth-order valence-electron chi connectivity index (χ4n) is 1.27. The molecule has 0 saturated heterocycles. The monoisotopic (exact) mass is 228 g/mol. The Morgan fingerprint density at radius 3 is 2.53 bits per heavy atom. The summed E-state index contributed by atoms with van der Waals surface area (Å²) in [6.07, 6.45) is 0.